The van der Waals surface area contributed by atoms with Crippen LogP contribution in [0.1, 0.15) is 65.2 Å². The minimum absolute atomic E-state index is 0.569. The van der Waals surface area contributed by atoms with Crippen molar-refractivity contribution < 1.29 is 0 Å². The molecule has 0 amide bonds. The van der Waals surface area contributed by atoms with Crippen molar-refractivity contribution in [3.63, 3.8) is 0 Å². The van der Waals surface area contributed by atoms with E-state index in [1.165, 1.54) is 51.4 Å². The van der Waals surface area contributed by atoms with Crippen LogP contribution in [0.3, 0.4) is 0 Å². The molecule has 0 aromatic heterocycles. The summed E-state index contributed by atoms with van der Waals surface area (Å²) in [5.74, 6) is 7.38. The third-order valence-electron chi connectivity index (χ3n) is 4.03. The summed E-state index contributed by atoms with van der Waals surface area (Å²) < 4.78 is 0. The molecule has 90 valence electrons. The first-order valence-electron chi connectivity index (χ1n) is 6.75. The van der Waals surface area contributed by atoms with E-state index in [-0.39, 0.29) is 0 Å². The third-order valence-corrected chi connectivity index (χ3v) is 4.03. The van der Waals surface area contributed by atoms with Crippen LogP contribution >= 0.6 is 0 Å². The number of nitrogens with two attached hydrogens (primary N) is 1. The molecule has 1 saturated carbocycles. The van der Waals surface area contributed by atoms with Crippen molar-refractivity contribution in [1.82, 2.24) is 5.43 Å². The molecule has 0 bridgehead atoms. The molecule has 0 aromatic carbocycles. The average Bonchev–Trinajstić information content (AvgIpc) is 2.65. The largest absolute Gasteiger partial charge is 0.271 e. The Morgan fingerprint density at radius 1 is 1.27 bits per heavy atom. The van der Waals surface area contributed by atoms with E-state index in [9.17, 15) is 0 Å². The molecule has 3 N–H and O–H groups in total. The fourth-order valence-electron chi connectivity index (χ4n) is 2.98. The quantitative estimate of drug-likeness (QED) is 0.386. The van der Waals surface area contributed by atoms with Crippen LogP contribution in [0.25, 0.3) is 0 Å². The Labute approximate surface area is 95.0 Å². The number of unbranched alkanes of at least 4 members (excludes halogenated alkanes) is 3. The molecule has 0 spiro atoms. The molecule has 1 aliphatic carbocycles. The molecular weight excluding hydrogens is 184 g/mol. The summed E-state index contributed by atoms with van der Waals surface area (Å²) >= 11 is 0. The number of hydrogen-bond acceptors (Lipinski definition) is 2. The van der Waals surface area contributed by atoms with Gasteiger partial charge in [0, 0.05) is 6.04 Å². The monoisotopic (exact) mass is 212 g/mol. The van der Waals surface area contributed by atoms with Crippen molar-refractivity contribution in [3.8, 4) is 0 Å². The van der Waals surface area contributed by atoms with Gasteiger partial charge in [0.2, 0.25) is 0 Å². The summed E-state index contributed by atoms with van der Waals surface area (Å²) in [5, 5.41) is 0. The molecule has 3 atom stereocenters. The fraction of sp³-hybridized carbons (Fsp3) is 1.00. The van der Waals surface area contributed by atoms with Crippen LogP contribution < -0.4 is 11.3 Å². The Kier molecular flexibility index (Phi) is 6.26. The van der Waals surface area contributed by atoms with Crippen molar-refractivity contribution in [2.24, 2.45) is 17.7 Å². The molecular formula is C13H28N2. The summed E-state index contributed by atoms with van der Waals surface area (Å²) in [6, 6.07) is 0.569. The highest BCUT2D eigenvalue weighted by Gasteiger charge is 2.29. The maximum atomic E-state index is 5.68. The Hall–Kier alpha value is -0.0800. The molecule has 1 fully saturated rings. The first-order valence-corrected chi connectivity index (χ1v) is 6.75. The predicted octanol–water partition coefficient (Wildman–Crippen LogP) is 3.22. The molecule has 1 aliphatic rings. The van der Waals surface area contributed by atoms with Gasteiger partial charge in [-0.25, -0.2) is 0 Å². The summed E-state index contributed by atoms with van der Waals surface area (Å²) in [6.07, 6.45) is 10.9. The van der Waals surface area contributed by atoms with Crippen LogP contribution in [-0.4, -0.2) is 6.04 Å². The zero-order valence-corrected chi connectivity index (χ0v) is 10.5. The highest BCUT2D eigenvalue weighted by Crippen LogP contribution is 2.34. The number of rotatable bonds is 7. The highest BCUT2D eigenvalue weighted by molar-refractivity contribution is 4.83. The SMILES string of the molecule is CCCCCCC(NN)C1CCCC1C. The van der Waals surface area contributed by atoms with Gasteiger partial charge in [-0.1, -0.05) is 52.4 Å². The van der Waals surface area contributed by atoms with E-state index < -0.39 is 0 Å². The molecule has 2 heteroatoms. The Balaban J connectivity index is 2.22. The molecule has 0 saturated heterocycles. The van der Waals surface area contributed by atoms with E-state index in [0.29, 0.717) is 6.04 Å². The molecule has 15 heavy (non-hydrogen) atoms. The summed E-state index contributed by atoms with van der Waals surface area (Å²) in [5.41, 5.74) is 3.05. The topological polar surface area (TPSA) is 38.0 Å². The van der Waals surface area contributed by atoms with Gasteiger partial charge in [0.1, 0.15) is 0 Å². The Bertz CT molecular complexity index is 159. The van der Waals surface area contributed by atoms with Crippen LogP contribution in [0.5, 0.6) is 0 Å². The van der Waals surface area contributed by atoms with E-state index in [2.05, 4.69) is 19.3 Å². The molecule has 2 nitrogen and oxygen atoms in total. The highest BCUT2D eigenvalue weighted by atomic mass is 15.2. The van der Waals surface area contributed by atoms with Gasteiger partial charge >= 0.3 is 0 Å². The standard InChI is InChI=1S/C13H28N2/c1-3-4-5-6-10-13(15-14)12-9-7-8-11(12)2/h11-13,15H,3-10,14H2,1-2H3. The van der Waals surface area contributed by atoms with Crippen LogP contribution in [-0.2, 0) is 0 Å². The van der Waals surface area contributed by atoms with Crippen LogP contribution in [0.15, 0.2) is 0 Å². The zero-order valence-electron chi connectivity index (χ0n) is 10.5. The van der Waals surface area contributed by atoms with E-state index >= 15 is 0 Å². The lowest BCUT2D eigenvalue weighted by molar-refractivity contribution is 0.280. The van der Waals surface area contributed by atoms with Gasteiger partial charge in [-0.15, -0.1) is 0 Å². The Morgan fingerprint density at radius 2 is 2.07 bits per heavy atom. The van der Waals surface area contributed by atoms with Crippen LogP contribution in [0, 0.1) is 11.8 Å². The molecule has 0 heterocycles. The molecule has 0 aliphatic heterocycles. The van der Waals surface area contributed by atoms with Gasteiger partial charge in [0.05, 0.1) is 0 Å². The van der Waals surface area contributed by atoms with Gasteiger partial charge in [-0.2, -0.15) is 0 Å². The maximum Gasteiger partial charge on any atom is 0.0241 e. The number of hydrazine groups is 1. The smallest absolute Gasteiger partial charge is 0.0241 e. The Morgan fingerprint density at radius 3 is 2.60 bits per heavy atom. The maximum absolute atomic E-state index is 5.68. The minimum Gasteiger partial charge on any atom is -0.271 e. The summed E-state index contributed by atoms with van der Waals surface area (Å²) in [6.45, 7) is 4.64. The fourth-order valence-corrected chi connectivity index (χ4v) is 2.98. The van der Waals surface area contributed by atoms with Crippen molar-refractivity contribution in [1.29, 1.82) is 0 Å². The van der Waals surface area contributed by atoms with Gasteiger partial charge in [0.15, 0.2) is 0 Å². The minimum atomic E-state index is 0.569. The van der Waals surface area contributed by atoms with Crippen molar-refractivity contribution in [2.45, 2.75) is 71.3 Å². The lowest BCUT2D eigenvalue weighted by atomic mass is 9.87. The van der Waals surface area contributed by atoms with Crippen molar-refractivity contribution >= 4 is 0 Å². The number of nitrogens with one attached hydrogen (secondary N) is 1. The van der Waals surface area contributed by atoms with Gasteiger partial charge in [-0.05, 0) is 24.7 Å². The second-order valence-electron chi connectivity index (χ2n) is 5.19. The normalized spacial score (nSPS) is 28.2. The van der Waals surface area contributed by atoms with E-state index in [1.807, 2.05) is 0 Å². The molecule has 0 radical (unpaired) electrons. The van der Waals surface area contributed by atoms with Crippen LogP contribution in [0.4, 0.5) is 0 Å². The average molecular weight is 212 g/mol. The van der Waals surface area contributed by atoms with E-state index in [0.717, 1.165) is 11.8 Å². The van der Waals surface area contributed by atoms with Crippen molar-refractivity contribution in [2.75, 3.05) is 0 Å². The first kappa shape index (κ1) is 13.0. The molecule has 1 rings (SSSR count). The van der Waals surface area contributed by atoms with Crippen LogP contribution in [0.2, 0.25) is 0 Å². The van der Waals surface area contributed by atoms with Crippen molar-refractivity contribution in [3.05, 3.63) is 0 Å². The summed E-state index contributed by atoms with van der Waals surface area (Å²) in [4.78, 5) is 0. The lowest BCUT2D eigenvalue weighted by Gasteiger charge is -2.26. The second kappa shape index (κ2) is 7.24. The lowest BCUT2D eigenvalue weighted by Crippen LogP contribution is -2.41. The third kappa shape index (κ3) is 4.12. The predicted molar refractivity (Wildman–Crippen MR) is 66.4 cm³/mol. The number of hydrogen-bond donors (Lipinski definition) is 2. The first-order chi connectivity index (χ1) is 7.29. The zero-order chi connectivity index (χ0) is 11.1. The molecule has 3 unspecified atom stereocenters. The second-order valence-corrected chi connectivity index (χ2v) is 5.19. The van der Waals surface area contributed by atoms with E-state index in [4.69, 9.17) is 5.84 Å². The van der Waals surface area contributed by atoms with E-state index in [1.54, 1.807) is 0 Å². The van der Waals surface area contributed by atoms with Gasteiger partial charge in [0.25, 0.3) is 0 Å². The molecule has 0 aromatic rings. The summed E-state index contributed by atoms with van der Waals surface area (Å²) in [7, 11) is 0. The van der Waals surface area contributed by atoms with Gasteiger partial charge < -0.3 is 0 Å². The van der Waals surface area contributed by atoms with Gasteiger partial charge in [-0.3, -0.25) is 11.3 Å².